The summed E-state index contributed by atoms with van der Waals surface area (Å²) in [6, 6.07) is 12.2. The number of ketones is 1. The number of hydrogen-bond donors (Lipinski definition) is 1. The van der Waals surface area contributed by atoms with Crippen LogP contribution in [-0.2, 0) is 14.3 Å². The molecule has 1 unspecified atom stereocenters. The van der Waals surface area contributed by atoms with Gasteiger partial charge in [-0.05, 0) is 50.1 Å². The minimum absolute atomic E-state index is 0.0882. The number of carbonyl (C=O) groups excluding carboxylic acids is 2. The second-order valence-electron chi connectivity index (χ2n) is 7.31. The largest absolute Gasteiger partial charge is 0.507 e. The van der Waals surface area contributed by atoms with Crippen LogP contribution in [0.2, 0.25) is 0 Å². The predicted molar refractivity (Wildman–Crippen MR) is 114 cm³/mol. The first-order chi connectivity index (χ1) is 14.4. The van der Waals surface area contributed by atoms with Crippen molar-refractivity contribution in [1.29, 1.82) is 0 Å². The summed E-state index contributed by atoms with van der Waals surface area (Å²) in [5.74, 6) is -0.805. The molecule has 0 spiro atoms. The average molecular weight is 409 g/mol. The van der Waals surface area contributed by atoms with Crippen molar-refractivity contribution in [2.45, 2.75) is 26.8 Å². The summed E-state index contributed by atoms with van der Waals surface area (Å²) in [6.07, 6.45) is 0. The lowest BCUT2D eigenvalue weighted by molar-refractivity contribution is -0.140. The van der Waals surface area contributed by atoms with Crippen LogP contribution in [0.5, 0.6) is 5.75 Å². The van der Waals surface area contributed by atoms with Gasteiger partial charge in [0.15, 0.2) is 0 Å². The Hall–Kier alpha value is -3.12. The van der Waals surface area contributed by atoms with Crippen LogP contribution in [0.4, 0.5) is 0 Å². The number of likely N-dealkylation sites (tertiary alicyclic amines) is 1. The monoisotopic (exact) mass is 409 g/mol. The van der Waals surface area contributed by atoms with Gasteiger partial charge in [0.2, 0.25) is 0 Å². The molecule has 0 aromatic heterocycles. The van der Waals surface area contributed by atoms with Crippen LogP contribution in [0.1, 0.15) is 35.2 Å². The van der Waals surface area contributed by atoms with E-state index in [0.717, 1.165) is 16.7 Å². The van der Waals surface area contributed by atoms with Gasteiger partial charge < -0.3 is 19.5 Å². The molecule has 2 aromatic rings. The SMILES string of the molecule is CCOc1ccc(/C(O)=C2/C(=O)C(=O)N(CCOC)C2c2cccc(C)c2)cc1C. The van der Waals surface area contributed by atoms with Crippen LogP contribution in [-0.4, -0.2) is 48.6 Å². The van der Waals surface area contributed by atoms with Crippen molar-refractivity contribution in [3.8, 4) is 5.75 Å². The Kier molecular flexibility index (Phi) is 6.57. The van der Waals surface area contributed by atoms with Crippen molar-refractivity contribution in [1.82, 2.24) is 4.90 Å². The second-order valence-corrected chi connectivity index (χ2v) is 7.31. The molecule has 1 fully saturated rings. The van der Waals surface area contributed by atoms with Crippen molar-refractivity contribution in [3.05, 3.63) is 70.3 Å². The zero-order valence-corrected chi connectivity index (χ0v) is 17.8. The molecular weight excluding hydrogens is 382 g/mol. The van der Waals surface area contributed by atoms with E-state index in [1.807, 2.05) is 45.0 Å². The summed E-state index contributed by atoms with van der Waals surface area (Å²) in [6.45, 7) is 6.79. The molecule has 1 amide bonds. The molecule has 3 rings (SSSR count). The molecule has 0 bridgehead atoms. The summed E-state index contributed by atoms with van der Waals surface area (Å²) < 4.78 is 10.7. The molecule has 1 saturated heterocycles. The maximum Gasteiger partial charge on any atom is 0.295 e. The number of benzene rings is 2. The lowest BCUT2D eigenvalue weighted by Crippen LogP contribution is -2.32. The van der Waals surface area contributed by atoms with E-state index in [1.165, 1.54) is 4.90 Å². The standard InChI is InChI=1S/C24H27NO5/c1-5-30-19-10-9-18(14-16(19)3)22(26)20-21(17-8-6-7-15(2)13-17)25(11-12-29-4)24(28)23(20)27/h6-10,13-14,21,26H,5,11-12H2,1-4H3/b22-20-. The molecular formula is C24H27NO5. The van der Waals surface area contributed by atoms with Gasteiger partial charge in [-0.2, -0.15) is 0 Å². The Morgan fingerprint density at radius 2 is 1.90 bits per heavy atom. The topological polar surface area (TPSA) is 76.1 Å². The lowest BCUT2D eigenvalue weighted by Gasteiger charge is -2.25. The quantitative estimate of drug-likeness (QED) is 0.428. The number of nitrogens with zero attached hydrogens (tertiary/aromatic N) is 1. The number of hydrogen-bond acceptors (Lipinski definition) is 5. The molecule has 6 heteroatoms. The van der Waals surface area contributed by atoms with E-state index in [0.29, 0.717) is 17.9 Å². The minimum Gasteiger partial charge on any atom is -0.507 e. The van der Waals surface area contributed by atoms with Crippen LogP contribution in [0.25, 0.3) is 5.76 Å². The van der Waals surface area contributed by atoms with Gasteiger partial charge >= 0.3 is 0 Å². The average Bonchev–Trinajstić information content (AvgIpc) is 2.98. The number of amides is 1. The van der Waals surface area contributed by atoms with Gasteiger partial charge in [-0.15, -0.1) is 0 Å². The van der Waals surface area contributed by atoms with Crippen molar-refractivity contribution >= 4 is 17.4 Å². The molecule has 1 atom stereocenters. The normalized spacial score (nSPS) is 18.1. The van der Waals surface area contributed by atoms with Gasteiger partial charge in [0, 0.05) is 19.2 Å². The van der Waals surface area contributed by atoms with Crippen LogP contribution < -0.4 is 4.74 Å². The van der Waals surface area contributed by atoms with Gasteiger partial charge in [-0.1, -0.05) is 29.8 Å². The molecule has 1 heterocycles. The van der Waals surface area contributed by atoms with E-state index in [9.17, 15) is 14.7 Å². The maximum atomic E-state index is 12.9. The van der Waals surface area contributed by atoms with Crippen LogP contribution in [0.3, 0.4) is 0 Å². The number of rotatable bonds is 7. The highest BCUT2D eigenvalue weighted by Crippen LogP contribution is 2.39. The Balaban J connectivity index is 2.14. The van der Waals surface area contributed by atoms with Crippen molar-refractivity contribution < 1.29 is 24.2 Å². The summed E-state index contributed by atoms with van der Waals surface area (Å²) >= 11 is 0. The van der Waals surface area contributed by atoms with Crippen molar-refractivity contribution in [3.63, 3.8) is 0 Å². The van der Waals surface area contributed by atoms with Gasteiger partial charge in [0.05, 0.1) is 24.8 Å². The van der Waals surface area contributed by atoms with E-state index in [4.69, 9.17) is 9.47 Å². The fourth-order valence-corrected chi connectivity index (χ4v) is 3.76. The molecule has 1 aliphatic heterocycles. The summed E-state index contributed by atoms with van der Waals surface area (Å²) in [4.78, 5) is 27.2. The van der Waals surface area contributed by atoms with Gasteiger partial charge in [0.25, 0.3) is 11.7 Å². The Morgan fingerprint density at radius 1 is 1.13 bits per heavy atom. The third kappa shape index (κ3) is 4.09. The number of aliphatic hydroxyl groups excluding tert-OH is 1. The van der Waals surface area contributed by atoms with E-state index >= 15 is 0 Å². The maximum absolute atomic E-state index is 12.9. The summed E-state index contributed by atoms with van der Waals surface area (Å²) in [7, 11) is 1.54. The molecule has 2 aromatic carbocycles. The first kappa shape index (κ1) is 21.6. The summed E-state index contributed by atoms with van der Waals surface area (Å²) in [5, 5.41) is 11.1. The zero-order chi connectivity index (χ0) is 21.8. The van der Waals surface area contributed by atoms with E-state index in [2.05, 4.69) is 0 Å². The van der Waals surface area contributed by atoms with Crippen molar-refractivity contribution in [2.75, 3.05) is 26.9 Å². The zero-order valence-electron chi connectivity index (χ0n) is 17.8. The smallest absolute Gasteiger partial charge is 0.295 e. The van der Waals surface area contributed by atoms with E-state index < -0.39 is 17.7 Å². The van der Waals surface area contributed by atoms with E-state index in [1.54, 1.807) is 25.3 Å². The van der Waals surface area contributed by atoms with Gasteiger partial charge in [-0.25, -0.2) is 0 Å². The van der Waals surface area contributed by atoms with E-state index in [-0.39, 0.29) is 24.5 Å². The minimum atomic E-state index is -0.693. The number of Topliss-reactive ketones (excluding diaryl/α,β-unsaturated/α-hetero) is 1. The second kappa shape index (κ2) is 9.13. The van der Waals surface area contributed by atoms with Crippen LogP contribution in [0.15, 0.2) is 48.0 Å². The Labute approximate surface area is 176 Å². The molecule has 1 N–H and O–H groups in total. The number of carbonyl (C=O) groups is 2. The van der Waals surface area contributed by atoms with Gasteiger partial charge in [0.1, 0.15) is 11.5 Å². The van der Waals surface area contributed by atoms with Gasteiger partial charge in [-0.3, -0.25) is 9.59 Å². The highest BCUT2D eigenvalue weighted by molar-refractivity contribution is 6.46. The third-order valence-corrected chi connectivity index (χ3v) is 5.18. The first-order valence-corrected chi connectivity index (χ1v) is 9.96. The highest BCUT2D eigenvalue weighted by Gasteiger charge is 2.45. The first-order valence-electron chi connectivity index (χ1n) is 9.96. The van der Waals surface area contributed by atoms with Crippen molar-refractivity contribution in [2.24, 2.45) is 0 Å². The molecule has 158 valence electrons. The molecule has 0 saturated carbocycles. The third-order valence-electron chi connectivity index (χ3n) is 5.18. The molecule has 30 heavy (non-hydrogen) atoms. The molecule has 0 radical (unpaired) electrons. The number of aliphatic hydroxyl groups is 1. The number of aryl methyl sites for hydroxylation is 2. The fourth-order valence-electron chi connectivity index (χ4n) is 3.76. The molecule has 6 nitrogen and oxygen atoms in total. The van der Waals surface area contributed by atoms with Crippen LogP contribution >= 0.6 is 0 Å². The highest BCUT2D eigenvalue weighted by atomic mass is 16.5. The summed E-state index contributed by atoms with van der Waals surface area (Å²) in [5.41, 5.74) is 3.17. The lowest BCUT2D eigenvalue weighted by atomic mass is 9.94. The predicted octanol–water partition coefficient (Wildman–Crippen LogP) is 3.77. The van der Waals surface area contributed by atoms with Crippen LogP contribution in [0, 0.1) is 13.8 Å². The molecule has 0 aliphatic carbocycles. The molecule has 1 aliphatic rings. The Bertz CT molecular complexity index is 995. The fraction of sp³-hybridized carbons (Fsp3) is 0.333. The number of methoxy groups -OCH3 is 1. The Morgan fingerprint density at radius 3 is 2.53 bits per heavy atom. The number of ether oxygens (including phenoxy) is 2.